The summed E-state index contributed by atoms with van der Waals surface area (Å²) >= 11 is 0. The highest BCUT2D eigenvalue weighted by molar-refractivity contribution is 6.74. The molecule has 6 rings (SSSR count). The summed E-state index contributed by atoms with van der Waals surface area (Å²) in [6.07, 6.45) is 0.534. The van der Waals surface area contributed by atoms with Crippen LogP contribution >= 0.6 is 0 Å². The second kappa shape index (κ2) is 15.5. The first-order valence-electron chi connectivity index (χ1n) is 18.3. The molecular formula is C41H51N5O7Si. The molecule has 5 aromatic rings. The molecule has 0 spiro atoms. The monoisotopic (exact) mass is 753 g/mol. The van der Waals surface area contributed by atoms with E-state index in [0.29, 0.717) is 12.1 Å². The normalized spacial score (nSPS) is 17.9. The molecule has 13 heteroatoms. The Labute approximate surface area is 317 Å². The average molecular weight is 754 g/mol. The number of aromatic nitrogens is 4. The van der Waals surface area contributed by atoms with Crippen molar-refractivity contribution in [2.75, 3.05) is 26.1 Å². The summed E-state index contributed by atoms with van der Waals surface area (Å²) in [5.41, 5.74) is 1.64. The van der Waals surface area contributed by atoms with E-state index >= 15 is 0 Å². The van der Waals surface area contributed by atoms with Gasteiger partial charge in [-0.3, -0.25) is 24.5 Å². The van der Waals surface area contributed by atoms with Gasteiger partial charge in [0, 0.05) is 12.3 Å². The van der Waals surface area contributed by atoms with Gasteiger partial charge in [-0.15, -0.1) is 0 Å². The number of nitrogens with one attached hydrogen (secondary N) is 2. The molecule has 286 valence electrons. The number of hydrogen-bond acceptors (Lipinski definition) is 9. The molecule has 12 nitrogen and oxygen atoms in total. The lowest BCUT2D eigenvalue weighted by Gasteiger charge is -2.40. The van der Waals surface area contributed by atoms with Gasteiger partial charge in [-0.25, -0.2) is 4.98 Å². The lowest BCUT2D eigenvalue weighted by Crippen LogP contribution is -2.47. The number of anilines is 1. The van der Waals surface area contributed by atoms with Crippen LogP contribution in [0.4, 0.5) is 5.95 Å². The average Bonchev–Trinajstić information content (AvgIpc) is 3.76. The second-order valence-electron chi connectivity index (χ2n) is 15.5. The minimum absolute atomic E-state index is 0.0477. The third kappa shape index (κ3) is 7.72. The van der Waals surface area contributed by atoms with Gasteiger partial charge < -0.3 is 23.4 Å². The molecule has 1 amide bonds. The quantitative estimate of drug-likeness (QED) is 0.0930. The Bertz CT molecular complexity index is 2060. The predicted octanol–water partition coefficient (Wildman–Crippen LogP) is 7.42. The molecule has 2 aromatic heterocycles. The van der Waals surface area contributed by atoms with Crippen molar-refractivity contribution in [3.8, 4) is 11.5 Å². The van der Waals surface area contributed by atoms with Gasteiger partial charge in [0.15, 0.2) is 19.5 Å². The van der Waals surface area contributed by atoms with E-state index in [-0.39, 0.29) is 41.0 Å². The summed E-state index contributed by atoms with van der Waals surface area (Å²) in [5.74, 6) is 0.934. The highest BCUT2D eigenvalue weighted by atomic mass is 28.4. The number of carbonyl (C=O) groups excluding carboxylic acids is 1. The van der Waals surface area contributed by atoms with Gasteiger partial charge in [0.25, 0.3) is 5.56 Å². The highest BCUT2D eigenvalue weighted by Crippen LogP contribution is 2.45. The fraction of sp³-hybridized carbons (Fsp3) is 0.415. The molecule has 0 bridgehead atoms. The molecule has 3 atom stereocenters. The van der Waals surface area contributed by atoms with Crippen molar-refractivity contribution in [3.05, 3.63) is 112 Å². The highest BCUT2D eigenvalue weighted by Gasteiger charge is 2.47. The maximum absolute atomic E-state index is 13.1. The molecule has 1 aliphatic heterocycles. The summed E-state index contributed by atoms with van der Waals surface area (Å²) in [7, 11) is 0.971. The summed E-state index contributed by atoms with van der Waals surface area (Å²) < 4.78 is 34.1. The van der Waals surface area contributed by atoms with Gasteiger partial charge in [0.1, 0.15) is 29.4 Å². The third-order valence-electron chi connectivity index (χ3n) is 10.6. The van der Waals surface area contributed by atoms with Crippen molar-refractivity contribution >= 4 is 31.3 Å². The number of amides is 1. The Morgan fingerprint density at radius 1 is 0.944 bits per heavy atom. The maximum atomic E-state index is 13.1. The van der Waals surface area contributed by atoms with Crippen molar-refractivity contribution in [1.82, 2.24) is 19.5 Å². The molecule has 2 N–H and O–H groups in total. The zero-order chi connectivity index (χ0) is 38.8. The van der Waals surface area contributed by atoms with E-state index in [1.54, 1.807) is 39.0 Å². The largest absolute Gasteiger partial charge is 0.497 e. The lowest BCUT2D eigenvalue weighted by atomic mass is 9.80. The molecule has 0 radical (unpaired) electrons. The minimum atomic E-state index is -2.32. The van der Waals surface area contributed by atoms with Gasteiger partial charge in [-0.05, 0) is 59.1 Å². The lowest BCUT2D eigenvalue weighted by molar-refractivity contribution is -0.118. The van der Waals surface area contributed by atoms with E-state index in [1.165, 1.54) is 0 Å². The van der Waals surface area contributed by atoms with E-state index in [4.69, 9.17) is 23.4 Å². The van der Waals surface area contributed by atoms with Crippen LogP contribution in [0.1, 0.15) is 64.0 Å². The van der Waals surface area contributed by atoms with E-state index in [0.717, 1.165) is 28.2 Å². The fourth-order valence-electron chi connectivity index (χ4n) is 6.44. The van der Waals surface area contributed by atoms with E-state index in [2.05, 4.69) is 66.3 Å². The van der Waals surface area contributed by atoms with Crippen LogP contribution in [0.25, 0.3) is 11.2 Å². The Morgan fingerprint density at radius 3 is 2.06 bits per heavy atom. The Morgan fingerprint density at radius 2 is 1.52 bits per heavy atom. The predicted molar refractivity (Wildman–Crippen MR) is 210 cm³/mol. The number of methoxy groups -OCH3 is 2. The number of imidazole rings is 1. The number of benzene rings is 3. The zero-order valence-corrected chi connectivity index (χ0v) is 33.5. The summed E-state index contributed by atoms with van der Waals surface area (Å²) in [5, 5.41) is 2.63. The first-order valence-corrected chi connectivity index (χ1v) is 21.2. The summed E-state index contributed by atoms with van der Waals surface area (Å²) in [6, 6.07) is 25.9. The number of ether oxygens (including phenoxy) is 4. The molecule has 0 aliphatic carbocycles. The first-order chi connectivity index (χ1) is 25.7. The Balaban J connectivity index is 1.42. The van der Waals surface area contributed by atoms with Crippen LogP contribution in [0.2, 0.25) is 18.1 Å². The molecule has 1 saturated heterocycles. The number of aromatic amines is 1. The van der Waals surface area contributed by atoms with Gasteiger partial charge in [0.05, 0.1) is 33.3 Å². The number of nitrogens with zero attached hydrogens (tertiary/aromatic N) is 3. The number of carbonyl (C=O) groups is 1. The molecule has 3 aromatic carbocycles. The van der Waals surface area contributed by atoms with Crippen molar-refractivity contribution < 1.29 is 28.2 Å². The van der Waals surface area contributed by atoms with Crippen LogP contribution in [0, 0.1) is 5.92 Å². The van der Waals surface area contributed by atoms with Crippen LogP contribution < -0.4 is 20.3 Å². The molecule has 0 unspecified atom stereocenters. The minimum Gasteiger partial charge on any atom is -0.497 e. The molecule has 0 saturated carbocycles. The van der Waals surface area contributed by atoms with Crippen molar-refractivity contribution in [1.29, 1.82) is 0 Å². The van der Waals surface area contributed by atoms with Crippen LogP contribution in [-0.2, 0) is 24.3 Å². The summed E-state index contributed by atoms with van der Waals surface area (Å²) in [4.78, 5) is 37.2. The molecule has 1 aliphatic rings. The van der Waals surface area contributed by atoms with Crippen molar-refractivity contribution in [2.24, 2.45) is 5.92 Å². The Kier molecular flexibility index (Phi) is 11.2. The van der Waals surface area contributed by atoms with Gasteiger partial charge in [-0.1, -0.05) is 89.2 Å². The molecule has 54 heavy (non-hydrogen) atoms. The van der Waals surface area contributed by atoms with E-state index in [9.17, 15) is 9.59 Å². The van der Waals surface area contributed by atoms with Crippen LogP contribution in [0.15, 0.2) is 90.0 Å². The second-order valence-corrected chi connectivity index (χ2v) is 20.2. The van der Waals surface area contributed by atoms with Crippen LogP contribution in [-0.4, -0.2) is 66.8 Å². The molecule has 3 heterocycles. The third-order valence-corrected chi connectivity index (χ3v) is 15.1. The number of H-pyrrole nitrogens is 1. The zero-order valence-electron chi connectivity index (χ0n) is 32.5. The first kappa shape index (κ1) is 38.9. The van der Waals surface area contributed by atoms with Crippen molar-refractivity contribution in [3.63, 3.8) is 0 Å². The van der Waals surface area contributed by atoms with Crippen molar-refractivity contribution in [2.45, 2.75) is 83.2 Å². The van der Waals surface area contributed by atoms with E-state index in [1.807, 2.05) is 66.7 Å². The fourth-order valence-corrected chi connectivity index (χ4v) is 7.80. The summed E-state index contributed by atoms with van der Waals surface area (Å²) in [6.45, 7) is 14.7. The topological polar surface area (TPSA) is 139 Å². The van der Waals surface area contributed by atoms with Crippen LogP contribution in [0.5, 0.6) is 11.5 Å². The number of hydrogen-bond donors (Lipinski definition) is 2. The standard InChI is InChI=1S/C41H51N5O7Si/c1-26(2)37(47)44-39-43-36-35(38(48)45-39)42-25-46(36)34-23-32(53-54(8,9)40(3,4)5)33(52-34)24-51-41(27-13-11-10-12-14-27,28-15-19-30(49-6)20-16-28)29-17-21-31(50-7)22-18-29/h10-22,25-26,32-34H,23-24H2,1-9H3,(H2,43,44,45,47,48)/t32-,33+,34+/m0/s1. The van der Waals surface area contributed by atoms with E-state index < -0.39 is 31.8 Å². The number of rotatable bonds is 13. The smallest absolute Gasteiger partial charge is 0.280 e. The van der Waals surface area contributed by atoms with Gasteiger partial charge in [0.2, 0.25) is 11.9 Å². The molecular weight excluding hydrogens is 703 g/mol. The van der Waals surface area contributed by atoms with Crippen LogP contribution in [0.3, 0.4) is 0 Å². The Hall–Kier alpha value is -4.82. The van der Waals surface area contributed by atoms with Gasteiger partial charge >= 0.3 is 0 Å². The maximum Gasteiger partial charge on any atom is 0.280 e. The van der Waals surface area contributed by atoms with Gasteiger partial charge in [-0.2, -0.15) is 4.98 Å². The number of fused-ring (bicyclic) bond motifs is 1. The SMILES string of the molecule is COc1ccc(C(OC[C@H]2O[C@@H](n3cnc4c(=O)[nH]c(NC(=O)C(C)C)nc43)C[C@@H]2O[Si](C)(C)C(C)(C)C)(c2ccccc2)c2ccc(OC)cc2)cc1. The molecule has 1 fully saturated rings.